The smallest absolute Gasteiger partial charge is 0.422 e. The van der Waals surface area contributed by atoms with Gasteiger partial charge < -0.3 is 10.3 Å². The SMILES string of the molecule is COC(=O)C(=[N+]=[N-])c1cccc(Cl)c1. The van der Waals surface area contributed by atoms with Crippen molar-refractivity contribution in [2.45, 2.75) is 0 Å². The van der Waals surface area contributed by atoms with Crippen molar-refractivity contribution in [2.24, 2.45) is 0 Å². The van der Waals surface area contributed by atoms with Crippen LogP contribution < -0.4 is 0 Å². The van der Waals surface area contributed by atoms with Gasteiger partial charge in [-0.15, -0.1) is 0 Å². The number of ether oxygens (including phenoxy) is 1. The minimum Gasteiger partial charge on any atom is -0.460 e. The number of hydrogen-bond donors (Lipinski definition) is 0. The molecule has 0 fully saturated rings. The van der Waals surface area contributed by atoms with E-state index in [1.165, 1.54) is 13.2 Å². The van der Waals surface area contributed by atoms with Crippen LogP contribution in [0.4, 0.5) is 0 Å². The van der Waals surface area contributed by atoms with Crippen molar-refractivity contribution >= 4 is 23.3 Å². The van der Waals surface area contributed by atoms with Gasteiger partial charge in [-0.25, -0.2) is 4.79 Å². The molecule has 0 unspecified atom stereocenters. The van der Waals surface area contributed by atoms with Gasteiger partial charge >= 0.3 is 11.7 Å². The topological polar surface area (TPSA) is 62.7 Å². The van der Waals surface area contributed by atoms with E-state index in [9.17, 15) is 4.79 Å². The number of esters is 1. The van der Waals surface area contributed by atoms with Crippen LogP contribution in [0.1, 0.15) is 5.56 Å². The Labute approximate surface area is 85.7 Å². The summed E-state index contributed by atoms with van der Waals surface area (Å²) in [5, 5.41) is 0.451. The summed E-state index contributed by atoms with van der Waals surface area (Å²) in [6.45, 7) is 0. The molecule has 1 aromatic rings. The molecular weight excluding hydrogens is 204 g/mol. The first kappa shape index (κ1) is 10.4. The maximum Gasteiger partial charge on any atom is 0.422 e. The number of methoxy groups -OCH3 is 1. The molecule has 4 nitrogen and oxygen atoms in total. The number of rotatable bonds is 2. The lowest BCUT2D eigenvalue weighted by molar-refractivity contribution is -0.137. The predicted molar refractivity (Wildman–Crippen MR) is 51.2 cm³/mol. The Kier molecular flexibility index (Phi) is 3.40. The molecular formula is C9H7ClN2O2. The van der Waals surface area contributed by atoms with E-state index in [-0.39, 0.29) is 5.71 Å². The summed E-state index contributed by atoms with van der Waals surface area (Å²) < 4.78 is 4.42. The first-order valence-electron chi connectivity index (χ1n) is 3.75. The lowest BCUT2D eigenvalue weighted by Crippen LogP contribution is -2.18. The molecule has 0 aliphatic carbocycles. The van der Waals surface area contributed by atoms with Gasteiger partial charge in [0.05, 0.1) is 12.7 Å². The van der Waals surface area contributed by atoms with Gasteiger partial charge in [-0.05, 0) is 18.2 Å². The molecule has 1 aromatic carbocycles. The lowest BCUT2D eigenvalue weighted by atomic mass is 10.1. The van der Waals surface area contributed by atoms with E-state index < -0.39 is 5.97 Å². The molecule has 0 aliphatic heterocycles. The van der Waals surface area contributed by atoms with Gasteiger partial charge in [-0.2, -0.15) is 4.79 Å². The summed E-state index contributed by atoms with van der Waals surface area (Å²) in [6, 6.07) is 6.40. The molecule has 0 N–H and O–H groups in total. The number of halogens is 1. The fourth-order valence-electron chi connectivity index (χ4n) is 0.949. The van der Waals surface area contributed by atoms with Crippen molar-refractivity contribution in [3.8, 4) is 0 Å². The highest BCUT2D eigenvalue weighted by molar-refractivity contribution is 6.41. The van der Waals surface area contributed by atoms with E-state index in [0.717, 1.165) is 0 Å². The monoisotopic (exact) mass is 210 g/mol. The molecule has 0 saturated carbocycles. The molecule has 0 amide bonds. The van der Waals surface area contributed by atoms with E-state index in [1.54, 1.807) is 18.2 Å². The molecule has 0 heterocycles. The fourth-order valence-corrected chi connectivity index (χ4v) is 1.14. The minimum absolute atomic E-state index is 0.171. The molecule has 0 saturated heterocycles. The number of carbonyl (C=O) groups excluding carboxylic acids is 1. The van der Waals surface area contributed by atoms with E-state index >= 15 is 0 Å². The number of nitrogens with zero attached hydrogens (tertiary/aromatic N) is 2. The second kappa shape index (κ2) is 4.56. The second-order valence-electron chi connectivity index (χ2n) is 2.45. The maximum absolute atomic E-state index is 11.1. The predicted octanol–water partition coefficient (Wildman–Crippen LogP) is 1.53. The normalized spacial score (nSPS) is 9.00. The summed E-state index contributed by atoms with van der Waals surface area (Å²) in [7, 11) is 1.21. The molecule has 0 atom stereocenters. The Morgan fingerprint density at radius 3 is 2.79 bits per heavy atom. The molecule has 1 rings (SSSR count). The number of benzene rings is 1. The van der Waals surface area contributed by atoms with Crippen molar-refractivity contribution in [1.29, 1.82) is 0 Å². The standard InChI is InChI=1S/C9H7ClN2O2/c1-14-9(13)8(12-11)6-3-2-4-7(10)5-6/h2-5H,1H3. The molecule has 0 spiro atoms. The van der Waals surface area contributed by atoms with Crippen LogP contribution >= 0.6 is 11.6 Å². The van der Waals surface area contributed by atoms with Gasteiger partial charge in [0, 0.05) is 5.02 Å². The van der Waals surface area contributed by atoms with Gasteiger partial charge in [0.1, 0.15) is 0 Å². The Balaban J connectivity index is 3.15. The third-order valence-electron chi connectivity index (χ3n) is 1.58. The average Bonchev–Trinajstić information content (AvgIpc) is 2.19. The van der Waals surface area contributed by atoms with Gasteiger partial charge in [-0.1, -0.05) is 17.7 Å². The molecule has 14 heavy (non-hydrogen) atoms. The highest BCUT2D eigenvalue weighted by Crippen LogP contribution is 2.11. The Morgan fingerprint density at radius 1 is 1.57 bits per heavy atom. The number of carbonyl (C=O) groups is 1. The van der Waals surface area contributed by atoms with Crippen LogP contribution in [0.3, 0.4) is 0 Å². The summed E-state index contributed by atoms with van der Waals surface area (Å²) in [4.78, 5) is 14.0. The molecule has 0 aliphatic rings. The van der Waals surface area contributed by atoms with Crippen LogP contribution in [-0.4, -0.2) is 23.6 Å². The van der Waals surface area contributed by atoms with Gasteiger partial charge in [0.15, 0.2) is 0 Å². The summed E-state index contributed by atoms with van der Waals surface area (Å²) >= 11 is 5.71. The zero-order valence-electron chi connectivity index (χ0n) is 7.40. The number of hydrogen-bond acceptors (Lipinski definition) is 2. The third-order valence-corrected chi connectivity index (χ3v) is 1.81. The summed E-state index contributed by atoms with van der Waals surface area (Å²) in [5.74, 6) is -0.713. The minimum atomic E-state index is -0.713. The summed E-state index contributed by atoms with van der Waals surface area (Å²) in [6.07, 6.45) is 0. The van der Waals surface area contributed by atoms with Crippen LogP contribution in [0.2, 0.25) is 5.02 Å². The molecule has 0 radical (unpaired) electrons. The Morgan fingerprint density at radius 2 is 2.29 bits per heavy atom. The third kappa shape index (κ3) is 2.19. The maximum atomic E-state index is 11.1. The first-order chi connectivity index (χ1) is 6.69. The lowest BCUT2D eigenvalue weighted by Gasteiger charge is -1.95. The van der Waals surface area contributed by atoms with E-state index in [4.69, 9.17) is 17.1 Å². The van der Waals surface area contributed by atoms with E-state index in [1.807, 2.05) is 0 Å². The zero-order valence-corrected chi connectivity index (χ0v) is 8.15. The average molecular weight is 211 g/mol. The van der Waals surface area contributed by atoms with Gasteiger partial charge in [0.2, 0.25) is 0 Å². The van der Waals surface area contributed by atoms with Crippen molar-refractivity contribution in [3.05, 3.63) is 40.4 Å². The highest BCUT2D eigenvalue weighted by atomic mass is 35.5. The van der Waals surface area contributed by atoms with Gasteiger partial charge in [0.25, 0.3) is 0 Å². The van der Waals surface area contributed by atoms with Crippen LogP contribution in [0.5, 0.6) is 0 Å². The second-order valence-corrected chi connectivity index (χ2v) is 2.89. The molecule has 0 aromatic heterocycles. The largest absolute Gasteiger partial charge is 0.460 e. The quantitative estimate of drug-likeness (QED) is 0.322. The van der Waals surface area contributed by atoms with Crippen LogP contribution in [0.15, 0.2) is 24.3 Å². The molecule has 72 valence electrons. The fraction of sp³-hybridized carbons (Fsp3) is 0.111. The van der Waals surface area contributed by atoms with E-state index in [0.29, 0.717) is 10.6 Å². The van der Waals surface area contributed by atoms with Crippen LogP contribution in [0.25, 0.3) is 5.53 Å². The zero-order chi connectivity index (χ0) is 10.6. The first-order valence-corrected chi connectivity index (χ1v) is 4.13. The van der Waals surface area contributed by atoms with Crippen molar-refractivity contribution in [3.63, 3.8) is 0 Å². The van der Waals surface area contributed by atoms with E-state index in [2.05, 4.69) is 9.53 Å². The molecule has 0 bridgehead atoms. The van der Waals surface area contributed by atoms with Crippen molar-refractivity contribution in [2.75, 3.05) is 7.11 Å². The van der Waals surface area contributed by atoms with Crippen LogP contribution in [-0.2, 0) is 9.53 Å². The van der Waals surface area contributed by atoms with Crippen molar-refractivity contribution < 1.29 is 14.3 Å². The summed E-state index contributed by atoms with van der Waals surface area (Å²) in [5.41, 5.74) is 8.85. The highest BCUT2D eigenvalue weighted by Gasteiger charge is 2.23. The van der Waals surface area contributed by atoms with Crippen LogP contribution in [0, 0.1) is 0 Å². The Bertz CT molecular complexity index is 411. The van der Waals surface area contributed by atoms with Crippen molar-refractivity contribution in [1.82, 2.24) is 0 Å². The van der Waals surface area contributed by atoms with Gasteiger partial charge in [-0.3, -0.25) is 0 Å². The molecule has 5 heteroatoms. The Hall–Kier alpha value is -1.64.